The molecule has 1 heterocycles. The van der Waals surface area contributed by atoms with E-state index in [1.54, 1.807) is 12.1 Å². The van der Waals surface area contributed by atoms with Crippen molar-refractivity contribution >= 4 is 17.9 Å². The van der Waals surface area contributed by atoms with Crippen LogP contribution in [0.1, 0.15) is 15.9 Å². The van der Waals surface area contributed by atoms with Crippen LogP contribution in [0.15, 0.2) is 38.8 Å². The lowest BCUT2D eigenvalue weighted by Crippen LogP contribution is -2.30. The molecule has 2 N–H and O–H groups in total. The van der Waals surface area contributed by atoms with E-state index in [9.17, 15) is 19.5 Å². The van der Waals surface area contributed by atoms with E-state index in [1.807, 2.05) is 0 Å². The molecule has 8 heteroatoms. The topological polar surface area (TPSA) is 114 Å². The Morgan fingerprint density at radius 2 is 1.95 bits per heavy atom. The van der Waals surface area contributed by atoms with Crippen LogP contribution in [0.5, 0.6) is 5.88 Å². The number of carbonyl (C=O) groups is 1. The van der Waals surface area contributed by atoms with Gasteiger partial charge in [-0.25, -0.2) is 9.59 Å². The van der Waals surface area contributed by atoms with Crippen LogP contribution in [-0.4, -0.2) is 34.0 Å². The highest BCUT2D eigenvalue weighted by molar-refractivity contribution is 5.90. The average Bonchev–Trinajstić information content (AvgIpc) is 2.52. The van der Waals surface area contributed by atoms with E-state index >= 15 is 0 Å². The Hall–Kier alpha value is -3.16. The van der Waals surface area contributed by atoms with Gasteiger partial charge in [-0.2, -0.15) is 0 Å². The quantitative estimate of drug-likeness (QED) is 0.626. The number of hydrogen-bond donors (Lipinski definition) is 2. The van der Waals surface area contributed by atoms with Crippen molar-refractivity contribution in [2.24, 2.45) is 12.0 Å². The second-order valence-corrected chi connectivity index (χ2v) is 4.35. The summed E-state index contributed by atoms with van der Waals surface area (Å²) in [5, 5.41) is 9.78. The third-order valence-electron chi connectivity index (χ3n) is 2.96. The molecule has 0 spiro atoms. The first-order chi connectivity index (χ1) is 10.4. The van der Waals surface area contributed by atoms with Gasteiger partial charge in [-0.1, -0.05) is 0 Å². The van der Waals surface area contributed by atoms with Gasteiger partial charge in [-0.3, -0.25) is 19.3 Å². The minimum atomic E-state index is -0.740. The van der Waals surface area contributed by atoms with Gasteiger partial charge < -0.3 is 9.84 Å². The molecule has 1 aromatic carbocycles. The molecule has 0 saturated heterocycles. The van der Waals surface area contributed by atoms with Crippen LogP contribution < -0.4 is 11.2 Å². The third-order valence-corrected chi connectivity index (χ3v) is 2.96. The van der Waals surface area contributed by atoms with Crippen molar-refractivity contribution in [3.05, 3.63) is 56.2 Å². The molecular formula is C14H13N3O5. The van der Waals surface area contributed by atoms with Crippen LogP contribution in [-0.2, 0) is 11.8 Å². The van der Waals surface area contributed by atoms with Crippen LogP contribution in [0.3, 0.4) is 0 Å². The summed E-state index contributed by atoms with van der Waals surface area (Å²) in [7, 11) is 2.60. The highest BCUT2D eigenvalue weighted by Crippen LogP contribution is 2.14. The van der Waals surface area contributed by atoms with Crippen molar-refractivity contribution in [1.29, 1.82) is 0 Å². The number of carbonyl (C=O) groups excluding carboxylic acids is 1. The number of aromatic hydroxyl groups is 1. The van der Waals surface area contributed by atoms with E-state index < -0.39 is 23.1 Å². The van der Waals surface area contributed by atoms with Gasteiger partial charge in [0.05, 0.1) is 18.4 Å². The summed E-state index contributed by atoms with van der Waals surface area (Å²) < 4.78 is 5.46. The van der Waals surface area contributed by atoms with Crippen molar-refractivity contribution in [3.63, 3.8) is 0 Å². The summed E-state index contributed by atoms with van der Waals surface area (Å²) in [4.78, 5) is 40.3. The first-order valence-corrected chi connectivity index (χ1v) is 6.18. The van der Waals surface area contributed by atoms with E-state index in [2.05, 4.69) is 14.7 Å². The maximum absolute atomic E-state index is 11.6. The van der Waals surface area contributed by atoms with Crippen LogP contribution in [0.2, 0.25) is 0 Å². The Balaban J connectivity index is 2.34. The predicted octanol–water partition coefficient (Wildman–Crippen LogP) is 0.316. The zero-order valence-electron chi connectivity index (χ0n) is 11.9. The average molecular weight is 303 g/mol. The molecule has 0 unspecified atom stereocenters. The van der Waals surface area contributed by atoms with Crippen molar-refractivity contribution in [2.45, 2.75) is 0 Å². The number of rotatable bonds is 3. The number of aliphatic imine (C=N–C) groups is 1. The van der Waals surface area contributed by atoms with Crippen LogP contribution in [0.4, 0.5) is 5.69 Å². The molecule has 2 rings (SSSR count). The molecule has 0 saturated carbocycles. The van der Waals surface area contributed by atoms with E-state index in [-0.39, 0.29) is 5.56 Å². The molecule has 0 aliphatic rings. The third kappa shape index (κ3) is 2.95. The Morgan fingerprint density at radius 1 is 1.32 bits per heavy atom. The zero-order valence-corrected chi connectivity index (χ0v) is 11.9. The molecule has 0 amide bonds. The lowest BCUT2D eigenvalue weighted by molar-refractivity contribution is 0.0601. The molecule has 0 aliphatic heterocycles. The highest BCUT2D eigenvalue weighted by atomic mass is 16.5. The monoisotopic (exact) mass is 303 g/mol. The number of esters is 1. The lowest BCUT2D eigenvalue weighted by atomic mass is 10.2. The summed E-state index contributed by atoms with van der Waals surface area (Å²) in [5.74, 6) is -0.952. The normalized spacial score (nSPS) is 10.8. The molecular weight excluding hydrogens is 290 g/mol. The summed E-state index contributed by atoms with van der Waals surface area (Å²) in [6.45, 7) is 0. The fourth-order valence-electron chi connectivity index (χ4n) is 1.68. The second-order valence-electron chi connectivity index (χ2n) is 4.35. The van der Waals surface area contributed by atoms with Crippen molar-refractivity contribution in [2.75, 3.05) is 7.11 Å². The number of methoxy groups -OCH3 is 1. The minimum Gasteiger partial charge on any atom is -0.494 e. The Bertz CT molecular complexity index is 846. The predicted molar refractivity (Wildman–Crippen MR) is 79.0 cm³/mol. The fraction of sp³-hybridized carbons (Fsp3) is 0.143. The summed E-state index contributed by atoms with van der Waals surface area (Å²) in [5.41, 5.74) is -0.777. The van der Waals surface area contributed by atoms with Gasteiger partial charge in [-0.15, -0.1) is 0 Å². The Morgan fingerprint density at radius 3 is 2.55 bits per heavy atom. The van der Waals surface area contributed by atoms with Crippen LogP contribution in [0.25, 0.3) is 0 Å². The van der Waals surface area contributed by atoms with Gasteiger partial charge in [0.1, 0.15) is 5.56 Å². The molecule has 22 heavy (non-hydrogen) atoms. The molecule has 0 radical (unpaired) electrons. The number of aromatic amines is 1. The summed E-state index contributed by atoms with van der Waals surface area (Å²) in [6, 6.07) is 6.14. The number of ether oxygens (including phenoxy) is 1. The smallest absolute Gasteiger partial charge is 0.337 e. The SMILES string of the molecule is COC(=O)c1ccc(N=Cc2c(O)n(C)c(=O)[nH]c2=O)cc1. The number of hydrogen-bond acceptors (Lipinski definition) is 6. The standard InChI is InChI=1S/C14H13N3O5/c1-17-12(19)10(11(18)16-14(17)21)7-15-9-5-3-8(4-6-9)13(20)22-2/h3-7,19H,1-2H3,(H,16,18,21). The van der Waals surface area contributed by atoms with Crippen molar-refractivity contribution in [1.82, 2.24) is 9.55 Å². The van der Waals surface area contributed by atoms with Gasteiger partial charge in [0, 0.05) is 13.3 Å². The molecule has 0 atom stereocenters. The number of nitrogens with one attached hydrogen (secondary N) is 1. The molecule has 0 aliphatic carbocycles. The van der Waals surface area contributed by atoms with Crippen molar-refractivity contribution < 1.29 is 14.6 Å². The first kappa shape index (κ1) is 15.2. The molecule has 2 aromatic rings. The molecule has 8 nitrogen and oxygen atoms in total. The number of nitrogens with zero attached hydrogens (tertiary/aromatic N) is 2. The van der Waals surface area contributed by atoms with E-state index in [0.29, 0.717) is 11.3 Å². The van der Waals surface area contributed by atoms with E-state index in [1.165, 1.54) is 26.3 Å². The van der Waals surface area contributed by atoms with Gasteiger partial charge in [0.2, 0.25) is 5.88 Å². The highest BCUT2D eigenvalue weighted by Gasteiger charge is 2.09. The first-order valence-electron chi connectivity index (χ1n) is 6.18. The van der Waals surface area contributed by atoms with Gasteiger partial charge in [0.25, 0.3) is 5.56 Å². The van der Waals surface area contributed by atoms with Gasteiger partial charge >= 0.3 is 11.7 Å². The molecule has 1 aromatic heterocycles. The Kier molecular flexibility index (Phi) is 4.21. The lowest BCUT2D eigenvalue weighted by Gasteiger charge is -2.03. The van der Waals surface area contributed by atoms with Gasteiger partial charge in [0.15, 0.2) is 0 Å². The molecule has 0 fully saturated rings. The fourth-order valence-corrected chi connectivity index (χ4v) is 1.68. The minimum absolute atomic E-state index is 0.140. The largest absolute Gasteiger partial charge is 0.494 e. The number of aromatic nitrogens is 2. The number of benzene rings is 1. The second kappa shape index (κ2) is 6.08. The summed E-state index contributed by atoms with van der Waals surface area (Å²) >= 11 is 0. The molecule has 0 bridgehead atoms. The van der Waals surface area contributed by atoms with Crippen molar-refractivity contribution in [3.8, 4) is 5.88 Å². The van der Waals surface area contributed by atoms with Gasteiger partial charge in [-0.05, 0) is 24.3 Å². The Labute approximate surface area is 124 Å². The maximum atomic E-state index is 11.6. The van der Waals surface area contributed by atoms with E-state index in [0.717, 1.165) is 10.8 Å². The summed E-state index contributed by atoms with van der Waals surface area (Å²) in [6.07, 6.45) is 1.14. The maximum Gasteiger partial charge on any atom is 0.337 e. The van der Waals surface area contributed by atoms with Crippen LogP contribution in [0, 0.1) is 0 Å². The number of H-pyrrole nitrogens is 1. The zero-order chi connectivity index (χ0) is 16.3. The van der Waals surface area contributed by atoms with E-state index in [4.69, 9.17) is 0 Å². The molecule has 114 valence electrons. The van der Waals surface area contributed by atoms with Crippen LogP contribution >= 0.6 is 0 Å².